The minimum absolute atomic E-state index is 0.192. The van der Waals surface area contributed by atoms with Crippen LogP contribution in [-0.2, 0) is 0 Å². The maximum Gasteiger partial charge on any atom is 0.223 e. The average molecular weight is 262 g/mol. The number of rotatable bonds is 3. The second-order valence-electron chi connectivity index (χ2n) is 3.90. The topological polar surface area (TPSA) is 43.1 Å². The number of carbonyl (C=O) groups excluding carboxylic acids is 1. The van der Waals surface area contributed by atoms with Crippen LogP contribution in [0.5, 0.6) is 0 Å². The zero-order valence-electron chi connectivity index (χ0n) is 10.1. The summed E-state index contributed by atoms with van der Waals surface area (Å²) in [7, 11) is 0. The van der Waals surface area contributed by atoms with Gasteiger partial charge in [0.2, 0.25) is 5.78 Å². The first kappa shape index (κ1) is 12.6. The molecule has 1 aromatic heterocycles. The van der Waals surface area contributed by atoms with Crippen LogP contribution in [0.25, 0.3) is 6.08 Å². The molecule has 0 aliphatic heterocycles. The van der Waals surface area contributed by atoms with Crippen molar-refractivity contribution in [2.24, 2.45) is 0 Å². The number of hydrogen-bond donors (Lipinski definition) is 0. The van der Waals surface area contributed by atoms with Crippen molar-refractivity contribution in [3.05, 3.63) is 58.3 Å². The second-order valence-corrected chi connectivity index (χ2v) is 4.33. The number of aryl methyl sites for hydroxylation is 2. The predicted octanol–water partition coefficient (Wildman–Crippen LogP) is 3.84. The molecule has 0 aliphatic rings. The van der Waals surface area contributed by atoms with Crippen LogP contribution in [0.4, 0.5) is 0 Å². The summed E-state index contributed by atoms with van der Waals surface area (Å²) >= 11 is 5.78. The highest BCUT2D eigenvalue weighted by Crippen LogP contribution is 2.13. The van der Waals surface area contributed by atoms with Crippen LogP contribution in [-0.4, -0.2) is 10.8 Å². The van der Waals surface area contributed by atoms with E-state index in [1.54, 1.807) is 32.1 Å². The van der Waals surface area contributed by atoms with Crippen LogP contribution in [0, 0.1) is 13.8 Å². The number of benzene rings is 1. The lowest BCUT2D eigenvalue weighted by molar-refractivity contribution is 0.102. The first-order valence-electron chi connectivity index (χ1n) is 5.48. The Morgan fingerprint density at radius 3 is 2.50 bits per heavy atom. The summed E-state index contributed by atoms with van der Waals surface area (Å²) < 4.78 is 5.25. The van der Waals surface area contributed by atoms with Crippen LogP contribution in [0.3, 0.4) is 0 Å². The number of hydrogen-bond acceptors (Lipinski definition) is 3. The van der Waals surface area contributed by atoms with E-state index >= 15 is 0 Å². The third kappa shape index (κ3) is 2.87. The fraction of sp³-hybridized carbons (Fsp3) is 0.143. The minimum Gasteiger partial charge on any atom is -0.437 e. The highest BCUT2D eigenvalue weighted by molar-refractivity contribution is 6.30. The van der Waals surface area contributed by atoms with E-state index in [4.69, 9.17) is 16.0 Å². The maximum atomic E-state index is 11.9. The van der Waals surface area contributed by atoms with Gasteiger partial charge in [0, 0.05) is 11.9 Å². The summed E-state index contributed by atoms with van der Waals surface area (Å²) in [6.07, 6.45) is 3.19. The quantitative estimate of drug-likeness (QED) is 0.623. The smallest absolute Gasteiger partial charge is 0.223 e. The largest absolute Gasteiger partial charge is 0.437 e. The highest BCUT2D eigenvalue weighted by atomic mass is 35.5. The van der Waals surface area contributed by atoms with Crippen LogP contribution >= 0.6 is 11.6 Å². The summed E-state index contributed by atoms with van der Waals surface area (Å²) in [6.45, 7) is 3.46. The fourth-order valence-electron chi connectivity index (χ4n) is 1.58. The summed E-state index contributed by atoms with van der Waals surface area (Å²) in [5.74, 6) is 0.594. The molecule has 0 N–H and O–H groups in total. The second kappa shape index (κ2) is 5.19. The molecule has 0 atom stereocenters. The van der Waals surface area contributed by atoms with E-state index in [9.17, 15) is 4.79 Å². The van der Waals surface area contributed by atoms with Crippen LogP contribution in [0.1, 0.15) is 27.7 Å². The lowest BCUT2D eigenvalue weighted by Crippen LogP contribution is -1.94. The number of nitrogens with zero attached hydrogens (tertiary/aromatic N) is 1. The molecule has 1 aromatic carbocycles. The number of carbonyl (C=O) groups is 1. The molecular weight excluding hydrogens is 250 g/mol. The molecule has 3 nitrogen and oxygen atoms in total. The van der Waals surface area contributed by atoms with Gasteiger partial charge in [0.15, 0.2) is 11.7 Å². The van der Waals surface area contributed by atoms with Gasteiger partial charge < -0.3 is 4.42 Å². The molecule has 18 heavy (non-hydrogen) atoms. The van der Waals surface area contributed by atoms with Gasteiger partial charge in [0.05, 0.1) is 5.69 Å². The van der Waals surface area contributed by atoms with E-state index in [1.807, 2.05) is 12.1 Å². The van der Waals surface area contributed by atoms with E-state index in [-0.39, 0.29) is 11.5 Å². The van der Waals surface area contributed by atoms with Gasteiger partial charge in [-0.3, -0.25) is 4.79 Å². The van der Waals surface area contributed by atoms with E-state index in [0.717, 1.165) is 5.56 Å². The molecule has 0 amide bonds. The highest BCUT2D eigenvalue weighted by Gasteiger charge is 2.12. The molecule has 2 rings (SSSR count). The molecule has 92 valence electrons. The molecule has 4 heteroatoms. The molecule has 0 aliphatic carbocycles. The van der Waals surface area contributed by atoms with Gasteiger partial charge in [0.1, 0.15) is 0 Å². The monoisotopic (exact) mass is 261 g/mol. The lowest BCUT2D eigenvalue weighted by Gasteiger charge is -1.93. The molecule has 0 bridgehead atoms. The van der Waals surface area contributed by atoms with Crippen molar-refractivity contribution in [1.29, 1.82) is 0 Å². The van der Waals surface area contributed by atoms with Gasteiger partial charge in [-0.2, -0.15) is 0 Å². The molecule has 0 unspecified atom stereocenters. The van der Waals surface area contributed by atoms with Crippen LogP contribution < -0.4 is 0 Å². The van der Waals surface area contributed by atoms with Crippen molar-refractivity contribution in [3.63, 3.8) is 0 Å². The van der Waals surface area contributed by atoms with E-state index in [1.165, 1.54) is 6.08 Å². The number of ketones is 1. The average Bonchev–Trinajstić information content (AvgIpc) is 2.67. The SMILES string of the molecule is Cc1nc(C)c(C(=O)/C=C\c2ccc(Cl)cc2)o1. The molecule has 0 saturated heterocycles. The Hall–Kier alpha value is -1.87. The Labute approximate surface area is 110 Å². The number of oxazole rings is 1. The molecule has 0 spiro atoms. The number of halogens is 1. The molecule has 0 radical (unpaired) electrons. The standard InChI is InChI=1S/C14H12ClNO2/c1-9-14(18-10(2)16-9)13(17)8-5-11-3-6-12(15)7-4-11/h3-8H,1-2H3/b8-5-. The Morgan fingerprint density at radius 2 is 1.94 bits per heavy atom. The molecule has 2 aromatic rings. The Morgan fingerprint density at radius 1 is 1.28 bits per heavy atom. The van der Waals surface area contributed by atoms with Gasteiger partial charge >= 0.3 is 0 Å². The van der Waals surface area contributed by atoms with Crippen molar-refractivity contribution in [2.45, 2.75) is 13.8 Å². The molecular formula is C14H12ClNO2. The van der Waals surface area contributed by atoms with E-state index < -0.39 is 0 Å². The molecule has 0 fully saturated rings. The summed E-state index contributed by atoms with van der Waals surface area (Å²) in [4.78, 5) is 15.9. The summed E-state index contributed by atoms with van der Waals surface area (Å²) in [6, 6.07) is 7.22. The number of aromatic nitrogens is 1. The van der Waals surface area contributed by atoms with E-state index in [2.05, 4.69) is 4.98 Å². The van der Waals surface area contributed by atoms with Crippen molar-refractivity contribution in [1.82, 2.24) is 4.98 Å². The minimum atomic E-state index is -0.192. The molecule has 0 saturated carbocycles. The zero-order chi connectivity index (χ0) is 13.1. The first-order valence-corrected chi connectivity index (χ1v) is 5.86. The lowest BCUT2D eigenvalue weighted by atomic mass is 10.1. The Kier molecular flexibility index (Phi) is 3.63. The molecule has 1 heterocycles. The van der Waals surface area contributed by atoms with Crippen LogP contribution in [0.2, 0.25) is 5.02 Å². The normalized spacial score (nSPS) is 11.1. The summed E-state index contributed by atoms with van der Waals surface area (Å²) in [5, 5.41) is 0.667. The van der Waals surface area contributed by atoms with Crippen molar-refractivity contribution in [3.8, 4) is 0 Å². The number of allylic oxidation sites excluding steroid dienone is 1. The van der Waals surface area contributed by atoms with E-state index in [0.29, 0.717) is 16.6 Å². The maximum absolute atomic E-state index is 11.9. The third-order valence-corrected chi connectivity index (χ3v) is 2.68. The van der Waals surface area contributed by atoms with Gasteiger partial charge in [-0.25, -0.2) is 4.98 Å². The Bertz CT molecular complexity index is 597. The van der Waals surface area contributed by atoms with Crippen molar-refractivity contribution >= 4 is 23.5 Å². The van der Waals surface area contributed by atoms with Crippen molar-refractivity contribution in [2.75, 3.05) is 0 Å². The van der Waals surface area contributed by atoms with Gasteiger partial charge in [-0.05, 0) is 30.7 Å². The third-order valence-electron chi connectivity index (χ3n) is 2.42. The fourth-order valence-corrected chi connectivity index (χ4v) is 1.71. The predicted molar refractivity (Wildman–Crippen MR) is 70.8 cm³/mol. The zero-order valence-corrected chi connectivity index (χ0v) is 10.9. The first-order chi connectivity index (χ1) is 8.56. The van der Waals surface area contributed by atoms with Gasteiger partial charge in [-0.1, -0.05) is 29.8 Å². The van der Waals surface area contributed by atoms with Crippen molar-refractivity contribution < 1.29 is 9.21 Å². The Balaban J connectivity index is 2.16. The van der Waals surface area contributed by atoms with Crippen LogP contribution in [0.15, 0.2) is 34.8 Å². The summed E-state index contributed by atoms with van der Waals surface area (Å²) in [5.41, 5.74) is 1.51. The van der Waals surface area contributed by atoms with Gasteiger partial charge in [0.25, 0.3) is 0 Å². The van der Waals surface area contributed by atoms with Gasteiger partial charge in [-0.15, -0.1) is 0 Å².